The fourth-order valence-electron chi connectivity index (χ4n) is 2.70. The Kier molecular flexibility index (Phi) is 5.74. The first-order valence-corrected chi connectivity index (χ1v) is 8.85. The van der Waals surface area contributed by atoms with Crippen LogP contribution in [0.5, 0.6) is 11.5 Å². The van der Waals surface area contributed by atoms with Gasteiger partial charge >= 0.3 is 0 Å². The quantitative estimate of drug-likeness (QED) is 0.690. The minimum Gasteiger partial charge on any atom is -0.457 e. The number of hydrogen-bond acceptors (Lipinski definition) is 4. The van der Waals surface area contributed by atoms with Gasteiger partial charge in [-0.25, -0.2) is 0 Å². The van der Waals surface area contributed by atoms with Crippen LogP contribution in [0.4, 0.5) is 5.69 Å². The lowest BCUT2D eigenvalue weighted by Crippen LogP contribution is -2.33. The summed E-state index contributed by atoms with van der Waals surface area (Å²) in [6, 6.07) is 16.1. The van der Waals surface area contributed by atoms with Crippen molar-refractivity contribution in [1.82, 2.24) is 15.1 Å². The van der Waals surface area contributed by atoms with Crippen LogP contribution < -0.4 is 15.4 Å². The highest BCUT2D eigenvalue weighted by Crippen LogP contribution is 2.21. The van der Waals surface area contributed by atoms with Crippen molar-refractivity contribution in [2.45, 2.75) is 13.8 Å². The van der Waals surface area contributed by atoms with E-state index in [1.165, 1.54) is 0 Å². The van der Waals surface area contributed by atoms with Crippen molar-refractivity contribution in [3.63, 3.8) is 0 Å². The van der Waals surface area contributed by atoms with E-state index in [9.17, 15) is 9.59 Å². The molecule has 0 spiro atoms. The molecule has 0 unspecified atom stereocenters. The van der Waals surface area contributed by atoms with Gasteiger partial charge < -0.3 is 15.4 Å². The number of hydrogen-bond donors (Lipinski definition) is 2. The Bertz CT molecular complexity index is 979. The molecule has 0 fully saturated rings. The predicted molar refractivity (Wildman–Crippen MR) is 107 cm³/mol. The van der Waals surface area contributed by atoms with Gasteiger partial charge in [0.1, 0.15) is 11.5 Å². The topological polar surface area (TPSA) is 85.3 Å². The van der Waals surface area contributed by atoms with Crippen molar-refractivity contribution in [2.24, 2.45) is 7.05 Å². The molecule has 2 amide bonds. The largest absolute Gasteiger partial charge is 0.457 e. The molecule has 0 aliphatic rings. The van der Waals surface area contributed by atoms with Crippen molar-refractivity contribution in [1.29, 1.82) is 0 Å². The number of benzene rings is 2. The number of aryl methyl sites for hydroxylation is 2. The summed E-state index contributed by atoms with van der Waals surface area (Å²) in [6.07, 6.45) is 0. The number of anilines is 1. The molecular formula is C21H22N4O3. The van der Waals surface area contributed by atoms with E-state index in [1.807, 2.05) is 51.2 Å². The van der Waals surface area contributed by atoms with Gasteiger partial charge in [0.25, 0.3) is 5.91 Å². The third kappa shape index (κ3) is 4.56. The fourth-order valence-corrected chi connectivity index (χ4v) is 2.70. The molecule has 3 aromatic rings. The van der Waals surface area contributed by atoms with Gasteiger partial charge in [0.2, 0.25) is 5.91 Å². The van der Waals surface area contributed by atoms with E-state index in [4.69, 9.17) is 4.74 Å². The Balaban J connectivity index is 1.53. The first kappa shape index (κ1) is 19.2. The molecule has 1 aromatic heterocycles. The monoisotopic (exact) mass is 378 g/mol. The Morgan fingerprint density at radius 3 is 2.25 bits per heavy atom. The summed E-state index contributed by atoms with van der Waals surface area (Å²) in [5.74, 6) is 0.706. The standard InChI is InChI=1S/C21H22N4O3/c1-14-20(15(2)25(3)24-14)23-19(26)13-22-21(27)16-9-11-18(12-10-16)28-17-7-5-4-6-8-17/h4-12H,13H2,1-3H3,(H,22,27)(H,23,26). The van der Waals surface area contributed by atoms with Crippen LogP contribution >= 0.6 is 0 Å². The SMILES string of the molecule is Cc1nn(C)c(C)c1NC(=O)CNC(=O)c1ccc(Oc2ccccc2)cc1. The maximum absolute atomic E-state index is 12.3. The van der Waals surface area contributed by atoms with Crippen LogP contribution in [-0.2, 0) is 11.8 Å². The lowest BCUT2D eigenvalue weighted by Gasteiger charge is -2.09. The number of rotatable bonds is 6. The van der Waals surface area contributed by atoms with Gasteiger partial charge in [0, 0.05) is 12.6 Å². The third-order valence-corrected chi connectivity index (χ3v) is 4.28. The van der Waals surface area contributed by atoms with E-state index in [0.717, 1.165) is 17.1 Å². The van der Waals surface area contributed by atoms with Gasteiger partial charge in [-0.1, -0.05) is 18.2 Å². The summed E-state index contributed by atoms with van der Waals surface area (Å²) in [6.45, 7) is 3.56. The average Bonchev–Trinajstić information content (AvgIpc) is 2.93. The maximum atomic E-state index is 12.3. The van der Waals surface area contributed by atoms with E-state index < -0.39 is 0 Å². The van der Waals surface area contributed by atoms with E-state index in [2.05, 4.69) is 15.7 Å². The second-order valence-corrected chi connectivity index (χ2v) is 6.34. The maximum Gasteiger partial charge on any atom is 0.251 e. The lowest BCUT2D eigenvalue weighted by molar-refractivity contribution is -0.115. The van der Waals surface area contributed by atoms with Crippen LogP contribution in [0.15, 0.2) is 54.6 Å². The molecule has 0 atom stereocenters. The van der Waals surface area contributed by atoms with Gasteiger partial charge in [-0.05, 0) is 50.2 Å². The third-order valence-electron chi connectivity index (χ3n) is 4.28. The zero-order chi connectivity index (χ0) is 20.1. The van der Waals surface area contributed by atoms with E-state index in [-0.39, 0.29) is 18.4 Å². The molecule has 7 heteroatoms. The van der Waals surface area contributed by atoms with Gasteiger partial charge in [0.05, 0.1) is 23.6 Å². The first-order chi connectivity index (χ1) is 13.4. The average molecular weight is 378 g/mol. The van der Waals surface area contributed by atoms with Crippen LogP contribution in [0.2, 0.25) is 0 Å². The molecule has 144 valence electrons. The highest BCUT2D eigenvalue weighted by Gasteiger charge is 2.13. The molecule has 7 nitrogen and oxygen atoms in total. The molecule has 0 radical (unpaired) electrons. The highest BCUT2D eigenvalue weighted by atomic mass is 16.5. The van der Waals surface area contributed by atoms with Crippen molar-refractivity contribution in [3.8, 4) is 11.5 Å². The van der Waals surface area contributed by atoms with Gasteiger partial charge in [-0.2, -0.15) is 5.10 Å². The molecule has 2 N–H and O–H groups in total. The van der Waals surface area contributed by atoms with Crippen LogP contribution in [0, 0.1) is 13.8 Å². The summed E-state index contributed by atoms with van der Waals surface area (Å²) >= 11 is 0. The minimum absolute atomic E-state index is 0.130. The van der Waals surface area contributed by atoms with Crippen LogP contribution in [0.3, 0.4) is 0 Å². The zero-order valence-electron chi connectivity index (χ0n) is 16.0. The Labute approximate surface area is 163 Å². The number of aromatic nitrogens is 2. The lowest BCUT2D eigenvalue weighted by atomic mass is 10.2. The number of para-hydroxylation sites is 1. The van der Waals surface area contributed by atoms with Crippen LogP contribution in [-0.4, -0.2) is 28.1 Å². The molecule has 1 heterocycles. The van der Waals surface area contributed by atoms with Crippen molar-refractivity contribution in [3.05, 3.63) is 71.5 Å². The summed E-state index contributed by atoms with van der Waals surface area (Å²) in [5, 5.41) is 9.65. The second-order valence-electron chi connectivity index (χ2n) is 6.34. The van der Waals surface area contributed by atoms with E-state index in [1.54, 1.807) is 28.9 Å². The normalized spacial score (nSPS) is 10.4. The number of nitrogens with zero attached hydrogens (tertiary/aromatic N) is 2. The van der Waals surface area contributed by atoms with Crippen molar-refractivity contribution >= 4 is 17.5 Å². The summed E-state index contributed by atoms with van der Waals surface area (Å²) in [7, 11) is 1.81. The molecule has 3 rings (SSSR count). The number of amides is 2. The summed E-state index contributed by atoms with van der Waals surface area (Å²) in [5.41, 5.74) is 2.70. The molecular weight excluding hydrogens is 356 g/mol. The predicted octanol–water partition coefficient (Wildman–Crippen LogP) is 3.20. The zero-order valence-corrected chi connectivity index (χ0v) is 16.0. The summed E-state index contributed by atoms with van der Waals surface area (Å²) < 4.78 is 7.40. The molecule has 0 aliphatic carbocycles. The molecule has 28 heavy (non-hydrogen) atoms. The second kappa shape index (κ2) is 8.39. The molecule has 0 bridgehead atoms. The number of ether oxygens (including phenoxy) is 1. The number of carbonyl (C=O) groups is 2. The number of nitrogens with one attached hydrogen (secondary N) is 2. The Hall–Kier alpha value is -3.61. The fraction of sp³-hybridized carbons (Fsp3) is 0.190. The molecule has 0 aliphatic heterocycles. The Morgan fingerprint density at radius 1 is 1.00 bits per heavy atom. The van der Waals surface area contributed by atoms with E-state index in [0.29, 0.717) is 17.0 Å². The number of carbonyl (C=O) groups excluding carboxylic acids is 2. The van der Waals surface area contributed by atoms with Crippen molar-refractivity contribution < 1.29 is 14.3 Å². The molecule has 2 aromatic carbocycles. The van der Waals surface area contributed by atoms with Crippen molar-refractivity contribution in [2.75, 3.05) is 11.9 Å². The first-order valence-electron chi connectivity index (χ1n) is 8.85. The minimum atomic E-state index is -0.332. The Morgan fingerprint density at radius 2 is 1.64 bits per heavy atom. The smallest absolute Gasteiger partial charge is 0.251 e. The molecule has 0 saturated carbocycles. The van der Waals surface area contributed by atoms with Crippen LogP contribution in [0.1, 0.15) is 21.7 Å². The van der Waals surface area contributed by atoms with Gasteiger partial charge in [-0.3, -0.25) is 14.3 Å². The highest BCUT2D eigenvalue weighted by molar-refractivity contribution is 5.99. The molecule has 0 saturated heterocycles. The van der Waals surface area contributed by atoms with E-state index >= 15 is 0 Å². The van der Waals surface area contributed by atoms with Gasteiger partial charge in [-0.15, -0.1) is 0 Å². The summed E-state index contributed by atoms with van der Waals surface area (Å²) in [4.78, 5) is 24.4. The van der Waals surface area contributed by atoms with Gasteiger partial charge in [0.15, 0.2) is 0 Å². The van der Waals surface area contributed by atoms with Crippen LogP contribution in [0.25, 0.3) is 0 Å².